The number of aromatic nitrogens is 2. The Bertz CT molecular complexity index is 829. The van der Waals surface area contributed by atoms with Gasteiger partial charge in [-0.25, -0.2) is 9.97 Å². The Morgan fingerprint density at radius 3 is 2.15 bits per heavy atom. The Hall–Kier alpha value is -3.08. The summed E-state index contributed by atoms with van der Waals surface area (Å²) in [5, 5.41) is 0. The van der Waals surface area contributed by atoms with Crippen LogP contribution in [0.4, 0.5) is 5.69 Å². The third-order valence-electron chi connectivity index (χ3n) is 4.21. The largest absolute Gasteiger partial charge is 0.497 e. The molecule has 134 valence electrons. The number of methoxy groups -OCH3 is 1. The maximum Gasteiger partial charge on any atom is 0.321 e. The van der Waals surface area contributed by atoms with Crippen LogP contribution in [0.1, 0.15) is 13.8 Å². The first-order chi connectivity index (χ1) is 12.7. The monoisotopic (exact) mass is 349 g/mol. The number of anilines is 1. The van der Waals surface area contributed by atoms with Crippen LogP contribution in [-0.4, -0.2) is 30.2 Å². The molecule has 0 N–H and O–H groups in total. The predicted molar refractivity (Wildman–Crippen MR) is 104 cm³/mol. The summed E-state index contributed by atoms with van der Waals surface area (Å²) in [5.74, 6) is 1.55. The Kier molecular flexibility index (Phi) is 5.69. The van der Waals surface area contributed by atoms with Gasteiger partial charge >= 0.3 is 6.01 Å². The van der Waals surface area contributed by atoms with E-state index in [9.17, 15) is 0 Å². The lowest BCUT2D eigenvalue weighted by molar-refractivity contribution is 0.415. The first kappa shape index (κ1) is 17.7. The minimum Gasteiger partial charge on any atom is -0.497 e. The van der Waals surface area contributed by atoms with Crippen molar-refractivity contribution in [1.82, 2.24) is 9.97 Å². The molecule has 0 spiro atoms. The van der Waals surface area contributed by atoms with Crippen LogP contribution in [0.3, 0.4) is 0 Å². The molecule has 0 aliphatic rings. The molecule has 1 heterocycles. The van der Waals surface area contributed by atoms with Crippen LogP contribution in [0.5, 0.6) is 17.5 Å². The fourth-order valence-corrected chi connectivity index (χ4v) is 2.74. The van der Waals surface area contributed by atoms with E-state index in [1.54, 1.807) is 19.5 Å². The van der Waals surface area contributed by atoms with Gasteiger partial charge in [-0.2, -0.15) is 0 Å². The molecule has 5 heteroatoms. The van der Waals surface area contributed by atoms with Crippen molar-refractivity contribution in [3.63, 3.8) is 0 Å². The summed E-state index contributed by atoms with van der Waals surface area (Å²) in [6, 6.07) is 16.1. The number of hydrogen-bond donors (Lipinski definition) is 0. The van der Waals surface area contributed by atoms with Gasteiger partial charge in [0.1, 0.15) is 11.5 Å². The molecule has 0 aliphatic heterocycles. The average molecular weight is 349 g/mol. The second-order valence-electron chi connectivity index (χ2n) is 5.75. The van der Waals surface area contributed by atoms with Crippen LogP contribution >= 0.6 is 0 Å². The van der Waals surface area contributed by atoms with E-state index in [1.807, 2.05) is 42.5 Å². The highest BCUT2D eigenvalue weighted by Crippen LogP contribution is 2.26. The molecule has 0 unspecified atom stereocenters. The molecule has 0 fully saturated rings. The van der Waals surface area contributed by atoms with Gasteiger partial charge in [0.2, 0.25) is 0 Å². The van der Waals surface area contributed by atoms with Gasteiger partial charge in [0, 0.05) is 42.8 Å². The van der Waals surface area contributed by atoms with Crippen molar-refractivity contribution in [1.29, 1.82) is 0 Å². The number of nitrogens with zero attached hydrogens (tertiary/aromatic N) is 3. The molecule has 5 nitrogen and oxygen atoms in total. The van der Waals surface area contributed by atoms with Crippen molar-refractivity contribution >= 4 is 5.69 Å². The van der Waals surface area contributed by atoms with Gasteiger partial charge in [-0.1, -0.05) is 18.2 Å². The zero-order valence-electron chi connectivity index (χ0n) is 15.3. The molecule has 2 aromatic carbocycles. The van der Waals surface area contributed by atoms with Crippen molar-refractivity contribution in [2.24, 2.45) is 0 Å². The van der Waals surface area contributed by atoms with Gasteiger partial charge in [0.15, 0.2) is 0 Å². The van der Waals surface area contributed by atoms with Crippen molar-refractivity contribution in [2.75, 3.05) is 25.1 Å². The molecule has 0 amide bonds. The Labute approximate surface area is 154 Å². The SMILES string of the molecule is CCN(CC)c1cccc(Oc2ncc(-c3ccc(OC)cc3)cn2)c1. The van der Waals surface area contributed by atoms with Crippen molar-refractivity contribution in [3.05, 3.63) is 60.9 Å². The van der Waals surface area contributed by atoms with E-state index in [4.69, 9.17) is 9.47 Å². The van der Waals surface area contributed by atoms with Crippen LogP contribution in [0.2, 0.25) is 0 Å². The Morgan fingerprint density at radius 2 is 1.54 bits per heavy atom. The summed E-state index contributed by atoms with van der Waals surface area (Å²) in [6.45, 7) is 6.18. The van der Waals surface area contributed by atoms with Crippen LogP contribution in [0.25, 0.3) is 11.1 Å². The molecule has 0 atom stereocenters. The molecule has 0 saturated carbocycles. The van der Waals surface area contributed by atoms with Crippen LogP contribution in [0, 0.1) is 0 Å². The summed E-state index contributed by atoms with van der Waals surface area (Å²) >= 11 is 0. The topological polar surface area (TPSA) is 47.5 Å². The summed E-state index contributed by atoms with van der Waals surface area (Å²) in [5.41, 5.74) is 3.08. The van der Waals surface area contributed by atoms with Crippen LogP contribution < -0.4 is 14.4 Å². The lowest BCUT2D eigenvalue weighted by atomic mass is 10.1. The van der Waals surface area contributed by atoms with Crippen molar-refractivity contribution in [2.45, 2.75) is 13.8 Å². The van der Waals surface area contributed by atoms with Gasteiger partial charge in [0.05, 0.1) is 7.11 Å². The maximum absolute atomic E-state index is 5.82. The summed E-state index contributed by atoms with van der Waals surface area (Å²) in [6.07, 6.45) is 3.52. The van der Waals surface area contributed by atoms with Crippen LogP contribution in [-0.2, 0) is 0 Å². The van der Waals surface area contributed by atoms with E-state index >= 15 is 0 Å². The predicted octanol–water partition coefficient (Wildman–Crippen LogP) is 4.79. The lowest BCUT2D eigenvalue weighted by Gasteiger charge is -2.21. The quantitative estimate of drug-likeness (QED) is 0.614. The second kappa shape index (κ2) is 8.34. The summed E-state index contributed by atoms with van der Waals surface area (Å²) in [4.78, 5) is 10.9. The van der Waals surface area contributed by atoms with Gasteiger partial charge in [-0.05, 0) is 43.7 Å². The maximum atomic E-state index is 5.82. The molecule has 0 aliphatic carbocycles. The zero-order valence-corrected chi connectivity index (χ0v) is 15.3. The fraction of sp³-hybridized carbons (Fsp3) is 0.238. The minimum atomic E-state index is 0.332. The number of hydrogen-bond acceptors (Lipinski definition) is 5. The standard InChI is InChI=1S/C21H23N3O2/c1-4-24(5-2)18-7-6-8-20(13-18)26-21-22-14-17(15-23-21)16-9-11-19(25-3)12-10-16/h6-15H,4-5H2,1-3H3. The van der Waals surface area contributed by atoms with Gasteiger partial charge in [-0.15, -0.1) is 0 Å². The van der Waals surface area contributed by atoms with Crippen molar-refractivity contribution in [3.8, 4) is 28.6 Å². The molecule has 3 rings (SSSR count). The first-order valence-corrected chi connectivity index (χ1v) is 8.72. The highest BCUT2D eigenvalue weighted by molar-refractivity contribution is 5.62. The molecule has 1 aromatic heterocycles. The number of benzene rings is 2. The Morgan fingerprint density at radius 1 is 0.846 bits per heavy atom. The molecule has 3 aromatic rings. The zero-order chi connectivity index (χ0) is 18.4. The van der Waals surface area contributed by atoms with E-state index in [1.165, 1.54) is 0 Å². The third-order valence-corrected chi connectivity index (χ3v) is 4.21. The normalized spacial score (nSPS) is 10.4. The van der Waals surface area contributed by atoms with Crippen molar-refractivity contribution < 1.29 is 9.47 Å². The van der Waals surface area contributed by atoms with Gasteiger partial charge in [-0.3, -0.25) is 0 Å². The Balaban J connectivity index is 1.74. The molecular formula is C21H23N3O2. The van der Waals surface area contributed by atoms with E-state index in [2.05, 4.69) is 34.8 Å². The summed E-state index contributed by atoms with van der Waals surface area (Å²) < 4.78 is 11.0. The minimum absolute atomic E-state index is 0.332. The van der Waals surface area contributed by atoms with Gasteiger partial charge < -0.3 is 14.4 Å². The highest BCUT2D eigenvalue weighted by Gasteiger charge is 2.06. The average Bonchev–Trinajstić information content (AvgIpc) is 2.70. The molecular weight excluding hydrogens is 326 g/mol. The fourth-order valence-electron chi connectivity index (χ4n) is 2.74. The molecule has 0 saturated heterocycles. The van der Waals surface area contributed by atoms with E-state index in [-0.39, 0.29) is 0 Å². The smallest absolute Gasteiger partial charge is 0.321 e. The second-order valence-corrected chi connectivity index (χ2v) is 5.75. The highest BCUT2D eigenvalue weighted by atomic mass is 16.5. The molecule has 26 heavy (non-hydrogen) atoms. The third kappa shape index (κ3) is 4.11. The van der Waals surface area contributed by atoms with E-state index < -0.39 is 0 Å². The number of ether oxygens (including phenoxy) is 2. The summed E-state index contributed by atoms with van der Waals surface area (Å²) in [7, 11) is 1.65. The van der Waals surface area contributed by atoms with E-state index in [0.717, 1.165) is 41.4 Å². The van der Waals surface area contributed by atoms with Crippen LogP contribution in [0.15, 0.2) is 60.9 Å². The molecule has 0 radical (unpaired) electrons. The van der Waals surface area contributed by atoms with E-state index in [0.29, 0.717) is 6.01 Å². The van der Waals surface area contributed by atoms with Gasteiger partial charge in [0.25, 0.3) is 0 Å². The lowest BCUT2D eigenvalue weighted by Crippen LogP contribution is -2.21. The first-order valence-electron chi connectivity index (χ1n) is 8.72. The molecule has 0 bridgehead atoms. The number of rotatable bonds is 7.